The number of halogens is 2. The summed E-state index contributed by atoms with van der Waals surface area (Å²) in [6.07, 6.45) is 4.05. The number of para-hydroxylation sites is 1. The van der Waals surface area contributed by atoms with Crippen molar-refractivity contribution in [1.82, 2.24) is 4.98 Å². The number of aromatic nitrogens is 1. The molecule has 1 aromatic heterocycles. The van der Waals surface area contributed by atoms with E-state index in [2.05, 4.69) is 15.6 Å². The van der Waals surface area contributed by atoms with Gasteiger partial charge in [0.1, 0.15) is 0 Å². The number of amides is 1. The molecule has 2 N–H and O–H groups in total. The minimum absolute atomic E-state index is 0.257. The summed E-state index contributed by atoms with van der Waals surface area (Å²) in [6, 6.07) is 16.6. The molecule has 4 nitrogen and oxygen atoms in total. The van der Waals surface area contributed by atoms with E-state index >= 15 is 0 Å². The largest absolute Gasteiger partial charge is 0.383 e. The first-order valence-corrected chi connectivity index (χ1v) is 8.86. The molecule has 3 rings (SSSR count). The second-order valence-corrected chi connectivity index (χ2v) is 6.54. The number of hydrogen-bond donors (Lipinski definition) is 2. The molecule has 26 heavy (non-hydrogen) atoms. The van der Waals surface area contributed by atoms with E-state index in [0.717, 1.165) is 23.7 Å². The first-order valence-electron chi connectivity index (χ1n) is 8.11. The highest BCUT2D eigenvalue weighted by Gasteiger charge is 2.09. The summed E-state index contributed by atoms with van der Waals surface area (Å²) >= 11 is 12.0. The van der Waals surface area contributed by atoms with E-state index in [1.54, 1.807) is 24.4 Å². The highest BCUT2D eigenvalue weighted by Crippen LogP contribution is 2.21. The molecular weight excluding hydrogens is 369 g/mol. The van der Waals surface area contributed by atoms with Crippen LogP contribution in [0.3, 0.4) is 0 Å². The molecular formula is C20H17Cl2N3O. The van der Waals surface area contributed by atoms with Gasteiger partial charge in [-0.1, -0.05) is 47.5 Å². The summed E-state index contributed by atoms with van der Waals surface area (Å²) in [6.45, 7) is 0.721. The van der Waals surface area contributed by atoms with Gasteiger partial charge in [-0.25, -0.2) is 0 Å². The van der Waals surface area contributed by atoms with Gasteiger partial charge in [0.05, 0.1) is 22.0 Å². The standard InChI is InChI=1S/C20H17Cl2N3O/c21-16-7-5-14(6-8-16)9-10-24-17-11-15(12-23-13-17)20(26)25-19-4-2-1-3-18(19)22/h1-8,11-13,24H,9-10H2,(H,25,26). The first kappa shape index (κ1) is 18.2. The lowest BCUT2D eigenvalue weighted by Crippen LogP contribution is -2.13. The molecule has 6 heteroatoms. The van der Waals surface area contributed by atoms with Crippen LogP contribution in [-0.2, 0) is 6.42 Å². The van der Waals surface area contributed by atoms with Crippen LogP contribution in [0.25, 0.3) is 0 Å². The fraction of sp³-hybridized carbons (Fsp3) is 0.100. The number of hydrogen-bond acceptors (Lipinski definition) is 3. The molecule has 1 amide bonds. The predicted octanol–water partition coefficient (Wildman–Crippen LogP) is 5.30. The molecule has 0 aliphatic rings. The number of carbonyl (C=O) groups is 1. The van der Waals surface area contributed by atoms with Gasteiger partial charge >= 0.3 is 0 Å². The maximum Gasteiger partial charge on any atom is 0.257 e. The summed E-state index contributed by atoms with van der Waals surface area (Å²) in [5, 5.41) is 7.28. The number of nitrogens with zero attached hydrogens (tertiary/aromatic N) is 1. The summed E-state index contributed by atoms with van der Waals surface area (Å²) in [5.74, 6) is -0.257. The van der Waals surface area contributed by atoms with Crippen LogP contribution in [0.15, 0.2) is 67.0 Å². The summed E-state index contributed by atoms with van der Waals surface area (Å²) in [7, 11) is 0. The van der Waals surface area contributed by atoms with Gasteiger partial charge in [-0.05, 0) is 42.3 Å². The molecule has 0 saturated carbocycles. The van der Waals surface area contributed by atoms with Crippen LogP contribution >= 0.6 is 23.2 Å². The summed E-state index contributed by atoms with van der Waals surface area (Å²) in [4.78, 5) is 16.5. The van der Waals surface area contributed by atoms with Crippen LogP contribution in [0.1, 0.15) is 15.9 Å². The molecule has 0 unspecified atom stereocenters. The van der Waals surface area contributed by atoms with Gasteiger partial charge in [0, 0.05) is 24.0 Å². The third kappa shape index (κ3) is 4.97. The van der Waals surface area contributed by atoms with Gasteiger partial charge in [0.15, 0.2) is 0 Å². The monoisotopic (exact) mass is 385 g/mol. The Balaban J connectivity index is 1.59. The Hall–Kier alpha value is -2.56. The van der Waals surface area contributed by atoms with Crippen molar-refractivity contribution in [1.29, 1.82) is 0 Å². The zero-order valence-electron chi connectivity index (χ0n) is 13.9. The second-order valence-electron chi connectivity index (χ2n) is 5.70. The van der Waals surface area contributed by atoms with Crippen LogP contribution in [0.4, 0.5) is 11.4 Å². The van der Waals surface area contributed by atoms with E-state index in [-0.39, 0.29) is 5.91 Å². The molecule has 2 aromatic carbocycles. The van der Waals surface area contributed by atoms with Crippen LogP contribution in [0.2, 0.25) is 10.0 Å². The van der Waals surface area contributed by atoms with E-state index in [0.29, 0.717) is 16.3 Å². The van der Waals surface area contributed by atoms with Crippen molar-refractivity contribution in [2.45, 2.75) is 6.42 Å². The van der Waals surface area contributed by atoms with E-state index in [4.69, 9.17) is 23.2 Å². The first-order chi connectivity index (χ1) is 12.6. The van der Waals surface area contributed by atoms with E-state index in [1.165, 1.54) is 11.8 Å². The zero-order chi connectivity index (χ0) is 18.4. The van der Waals surface area contributed by atoms with Crippen molar-refractivity contribution in [3.63, 3.8) is 0 Å². The lowest BCUT2D eigenvalue weighted by Gasteiger charge is -2.09. The number of benzene rings is 2. The predicted molar refractivity (Wildman–Crippen MR) is 107 cm³/mol. The highest BCUT2D eigenvalue weighted by atomic mass is 35.5. The van der Waals surface area contributed by atoms with Gasteiger partial charge in [0.25, 0.3) is 5.91 Å². The maximum atomic E-state index is 12.4. The molecule has 0 radical (unpaired) electrons. The molecule has 0 bridgehead atoms. The SMILES string of the molecule is O=C(Nc1ccccc1Cl)c1cncc(NCCc2ccc(Cl)cc2)c1. The van der Waals surface area contributed by atoms with E-state index in [9.17, 15) is 4.79 Å². The van der Waals surface area contributed by atoms with Gasteiger partial charge in [0.2, 0.25) is 0 Å². The van der Waals surface area contributed by atoms with Gasteiger partial charge in [-0.2, -0.15) is 0 Å². The zero-order valence-corrected chi connectivity index (χ0v) is 15.4. The maximum absolute atomic E-state index is 12.4. The quantitative estimate of drug-likeness (QED) is 0.605. The second kappa shape index (κ2) is 8.70. The third-order valence-corrected chi connectivity index (χ3v) is 4.36. The summed E-state index contributed by atoms with van der Waals surface area (Å²) in [5.41, 5.74) is 3.00. The lowest BCUT2D eigenvalue weighted by atomic mass is 10.1. The molecule has 0 spiro atoms. The minimum atomic E-state index is -0.257. The topological polar surface area (TPSA) is 54.0 Å². The van der Waals surface area contributed by atoms with Crippen LogP contribution < -0.4 is 10.6 Å². The van der Waals surface area contributed by atoms with Gasteiger partial charge in [-0.15, -0.1) is 0 Å². The van der Waals surface area contributed by atoms with Crippen molar-refractivity contribution in [2.24, 2.45) is 0 Å². The van der Waals surface area contributed by atoms with Crippen LogP contribution in [0.5, 0.6) is 0 Å². The number of pyridine rings is 1. The van der Waals surface area contributed by atoms with Crippen molar-refractivity contribution >= 4 is 40.5 Å². The average molecular weight is 386 g/mol. The van der Waals surface area contributed by atoms with E-state index in [1.807, 2.05) is 36.4 Å². The van der Waals surface area contributed by atoms with Gasteiger partial charge in [-0.3, -0.25) is 9.78 Å². The lowest BCUT2D eigenvalue weighted by molar-refractivity contribution is 0.102. The molecule has 0 aliphatic carbocycles. The molecule has 0 atom stereocenters. The van der Waals surface area contributed by atoms with E-state index < -0.39 is 0 Å². The molecule has 3 aromatic rings. The number of anilines is 2. The molecule has 1 heterocycles. The fourth-order valence-corrected chi connectivity index (χ4v) is 2.73. The Morgan fingerprint density at radius 1 is 1.00 bits per heavy atom. The molecule has 0 fully saturated rings. The fourth-order valence-electron chi connectivity index (χ4n) is 2.42. The number of nitrogens with one attached hydrogen (secondary N) is 2. The van der Waals surface area contributed by atoms with Gasteiger partial charge < -0.3 is 10.6 Å². The number of rotatable bonds is 6. The smallest absolute Gasteiger partial charge is 0.257 e. The third-order valence-electron chi connectivity index (χ3n) is 3.78. The average Bonchev–Trinajstić information content (AvgIpc) is 2.65. The Kier molecular flexibility index (Phi) is 6.10. The van der Waals surface area contributed by atoms with Crippen molar-refractivity contribution < 1.29 is 4.79 Å². The summed E-state index contributed by atoms with van der Waals surface area (Å²) < 4.78 is 0. The minimum Gasteiger partial charge on any atom is -0.383 e. The van der Waals surface area contributed by atoms with Crippen LogP contribution in [0, 0.1) is 0 Å². The highest BCUT2D eigenvalue weighted by molar-refractivity contribution is 6.33. The van der Waals surface area contributed by atoms with Crippen molar-refractivity contribution in [3.05, 3.63) is 88.2 Å². The Morgan fingerprint density at radius 3 is 2.54 bits per heavy atom. The van der Waals surface area contributed by atoms with Crippen molar-refractivity contribution in [3.8, 4) is 0 Å². The van der Waals surface area contributed by atoms with Crippen molar-refractivity contribution in [2.75, 3.05) is 17.2 Å². The number of carbonyl (C=O) groups excluding carboxylic acids is 1. The molecule has 0 saturated heterocycles. The normalized spacial score (nSPS) is 10.4. The Morgan fingerprint density at radius 2 is 1.77 bits per heavy atom. The molecule has 132 valence electrons. The molecule has 0 aliphatic heterocycles. The Labute approximate surface area is 162 Å². The van der Waals surface area contributed by atoms with Crippen LogP contribution in [-0.4, -0.2) is 17.4 Å². The Bertz CT molecular complexity index is 898.